The molecule has 47 heavy (non-hydrogen) atoms. The van der Waals surface area contributed by atoms with Crippen LogP contribution in [0.25, 0.3) is 22.2 Å². The van der Waals surface area contributed by atoms with Gasteiger partial charge in [0.15, 0.2) is 0 Å². The molecule has 0 aliphatic heterocycles. The van der Waals surface area contributed by atoms with E-state index in [1.807, 2.05) is 95.6 Å². The summed E-state index contributed by atoms with van der Waals surface area (Å²) in [7, 11) is 0. The zero-order valence-corrected chi connectivity index (χ0v) is 26.6. The van der Waals surface area contributed by atoms with Gasteiger partial charge >= 0.3 is 6.18 Å². The molecule has 0 radical (unpaired) electrons. The summed E-state index contributed by atoms with van der Waals surface area (Å²) < 4.78 is 41.6. The van der Waals surface area contributed by atoms with Gasteiger partial charge in [-0.05, 0) is 70.7 Å². The standard InChI is InChI=1S/C38H37F3N4O2/c1-36(2,3)28-16-7-6-15-27(28)34(46)44-31-19-12-20-32-33(31)43-24-45(32)22-11-10-21-37(35(47)42-23-38(39,40)41)29-17-8-4-13-25(29)26-14-5-9-18-30(26)37/h4-9,12-20,24H,10-11,21-23H2,1-3H3,(H,42,47)(H,44,46). The largest absolute Gasteiger partial charge is 0.405 e. The number of para-hydroxylation sites is 1. The molecule has 0 fully saturated rings. The molecule has 242 valence electrons. The maximum Gasteiger partial charge on any atom is 0.405 e. The number of nitrogens with one attached hydrogen (secondary N) is 2. The SMILES string of the molecule is CC(C)(C)c1ccccc1C(=O)Nc1cccc2c1ncn2CCCCC1(C(=O)NCC(F)(F)F)c2ccccc2-c2ccccc21. The fourth-order valence-electron chi connectivity index (χ4n) is 6.85. The first-order chi connectivity index (χ1) is 22.4. The molecule has 0 unspecified atom stereocenters. The van der Waals surface area contributed by atoms with Gasteiger partial charge in [-0.15, -0.1) is 0 Å². The lowest BCUT2D eigenvalue weighted by atomic mass is 9.73. The van der Waals surface area contributed by atoms with Crippen LogP contribution in [0.5, 0.6) is 0 Å². The van der Waals surface area contributed by atoms with Crippen molar-refractivity contribution in [2.24, 2.45) is 0 Å². The number of hydrogen-bond acceptors (Lipinski definition) is 3. The zero-order valence-electron chi connectivity index (χ0n) is 26.6. The topological polar surface area (TPSA) is 76.0 Å². The molecule has 5 aromatic rings. The van der Waals surface area contributed by atoms with Gasteiger partial charge in [-0.3, -0.25) is 9.59 Å². The van der Waals surface area contributed by atoms with Gasteiger partial charge in [0.1, 0.15) is 17.5 Å². The number of carbonyl (C=O) groups is 2. The highest BCUT2D eigenvalue weighted by atomic mass is 19.4. The maximum absolute atomic E-state index is 13.8. The number of halogens is 3. The molecule has 4 aromatic carbocycles. The van der Waals surface area contributed by atoms with Crippen molar-refractivity contribution in [3.63, 3.8) is 0 Å². The van der Waals surface area contributed by atoms with E-state index in [0.29, 0.717) is 42.6 Å². The summed E-state index contributed by atoms with van der Waals surface area (Å²) >= 11 is 0. The van der Waals surface area contributed by atoms with Gasteiger partial charge in [0.05, 0.1) is 17.5 Å². The van der Waals surface area contributed by atoms with Crippen molar-refractivity contribution in [1.29, 1.82) is 0 Å². The molecule has 6 nitrogen and oxygen atoms in total. The molecule has 6 rings (SSSR count). The van der Waals surface area contributed by atoms with Crippen molar-refractivity contribution in [2.45, 2.75) is 63.6 Å². The number of unbranched alkanes of at least 4 members (excludes halogenated alkanes) is 1. The average Bonchev–Trinajstić information content (AvgIpc) is 3.59. The summed E-state index contributed by atoms with van der Waals surface area (Å²) in [6, 6.07) is 28.2. The molecule has 2 N–H and O–H groups in total. The Morgan fingerprint density at radius 2 is 1.45 bits per heavy atom. The van der Waals surface area contributed by atoms with Gasteiger partial charge in [-0.2, -0.15) is 13.2 Å². The first-order valence-electron chi connectivity index (χ1n) is 15.8. The Morgan fingerprint density at radius 1 is 0.809 bits per heavy atom. The molecular weight excluding hydrogens is 601 g/mol. The number of rotatable bonds is 9. The summed E-state index contributed by atoms with van der Waals surface area (Å²) in [5.74, 6) is -0.850. The van der Waals surface area contributed by atoms with Crippen molar-refractivity contribution in [3.05, 3.63) is 120 Å². The van der Waals surface area contributed by atoms with Crippen molar-refractivity contribution in [2.75, 3.05) is 11.9 Å². The van der Waals surface area contributed by atoms with Crippen molar-refractivity contribution in [1.82, 2.24) is 14.9 Å². The molecule has 2 amide bonds. The predicted octanol–water partition coefficient (Wildman–Crippen LogP) is 8.40. The molecule has 0 bridgehead atoms. The average molecular weight is 639 g/mol. The number of aryl methyl sites for hydroxylation is 1. The Balaban J connectivity index is 1.22. The smallest absolute Gasteiger partial charge is 0.346 e. The fourth-order valence-corrected chi connectivity index (χ4v) is 6.85. The molecule has 1 heterocycles. The highest BCUT2D eigenvalue weighted by molar-refractivity contribution is 6.09. The van der Waals surface area contributed by atoms with Crippen LogP contribution >= 0.6 is 0 Å². The van der Waals surface area contributed by atoms with Gasteiger partial charge < -0.3 is 15.2 Å². The van der Waals surface area contributed by atoms with E-state index < -0.39 is 24.0 Å². The number of aromatic nitrogens is 2. The molecule has 1 aromatic heterocycles. The van der Waals surface area contributed by atoms with Crippen LogP contribution in [0, 0.1) is 0 Å². The van der Waals surface area contributed by atoms with E-state index in [-0.39, 0.29) is 11.3 Å². The van der Waals surface area contributed by atoms with Crippen LogP contribution in [0.4, 0.5) is 18.9 Å². The normalized spacial score (nSPS) is 13.7. The molecule has 1 aliphatic rings. The molecule has 0 saturated carbocycles. The minimum Gasteiger partial charge on any atom is -0.346 e. The molecule has 1 aliphatic carbocycles. The number of benzene rings is 4. The highest BCUT2D eigenvalue weighted by Gasteiger charge is 2.49. The highest BCUT2D eigenvalue weighted by Crippen LogP contribution is 2.51. The Morgan fingerprint density at radius 3 is 2.11 bits per heavy atom. The van der Waals surface area contributed by atoms with Crippen LogP contribution in [0.1, 0.15) is 67.1 Å². The molecule has 9 heteroatoms. The minimum atomic E-state index is -4.52. The number of hydrogen-bond donors (Lipinski definition) is 2. The quantitative estimate of drug-likeness (QED) is 0.159. The second kappa shape index (κ2) is 12.4. The van der Waals surface area contributed by atoms with Crippen molar-refractivity contribution < 1.29 is 22.8 Å². The van der Waals surface area contributed by atoms with Gasteiger partial charge in [0, 0.05) is 12.1 Å². The fraction of sp³-hybridized carbons (Fsp3) is 0.289. The first-order valence-corrected chi connectivity index (χ1v) is 15.8. The summed E-state index contributed by atoms with van der Waals surface area (Å²) in [6.45, 7) is 5.40. The van der Waals surface area contributed by atoms with Gasteiger partial charge in [-0.25, -0.2) is 4.98 Å². The monoisotopic (exact) mass is 638 g/mol. The third kappa shape index (κ3) is 6.14. The van der Waals surface area contributed by atoms with E-state index >= 15 is 0 Å². The van der Waals surface area contributed by atoms with Crippen LogP contribution in [-0.2, 0) is 22.2 Å². The van der Waals surface area contributed by atoms with Crippen LogP contribution in [0.3, 0.4) is 0 Å². The summed E-state index contributed by atoms with van der Waals surface area (Å²) in [4.78, 5) is 31.8. The van der Waals surface area contributed by atoms with E-state index in [1.54, 1.807) is 6.33 Å². The van der Waals surface area contributed by atoms with E-state index in [2.05, 4.69) is 36.4 Å². The Bertz CT molecular complexity index is 1910. The van der Waals surface area contributed by atoms with Crippen LogP contribution in [0.2, 0.25) is 0 Å². The molecule has 0 atom stereocenters. The van der Waals surface area contributed by atoms with Crippen molar-refractivity contribution >= 4 is 28.5 Å². The Hall–Kier alpha value is -4.92. The minimum absolute atomic E-state index is 0.205. The van der Waals surface area contributed by atoms with Crippen molar-refractivity contribution in [3.8, 4) is 11.1 Å². The summed E-state index contributed by atoms with van der Waals surface area (Å²) in [5.41, 5.74) is 5.41. The Kier molecular flexibility index (Phi) is 8.42. The van der Waals surface area contributed by atoms with E-state index in [1.165, 1.54) is 0 Å². The van der Waals surface area contributed by atoms with E-state index in [9.17, 15) is 22.8 Å². The molecular formula is C38H37F3N4O2. The number of anilines is 1. The third-order valence-corrected chi connectivity index (χ3v) is 8.98. The van der Waals surface area contributed by atoms with E-state index in [0.717, 1.165) is 33.3 Å². The lowest BCUT2D eigenvalue weighted by molar-refractivity contribution is -0.141. The number of carbonyl (C=O) groups excluding carboxylic acids is 2. The van der Waals surface area contributed by atoms with Gasteiger partial charge in [-0.1, -0.05) is 93.6 Å². The lowest BCUT2D eigenvalue weighted by Gasteiger charge is -2.31. The number of imidazole rings is 1. The number of nitrogens with zero attached hydrogens (tertiary/aromatic N) is 2. The molecule has 0 spiro atoms. The van der Waals surface area contributed by atoms with E-state index in [4.69, 9.17) is 0 Å². The third-order valence-electron chi connectivity index (χ3n) is 8.98. The predicted molar refractivity (Wildman–Crippen MR) is 178 cm³/mol. The number of amides is 2. The Labute approximate surface area is 272 Å². The zero-order chi connectivity index (χ0) is 33.4. The number of alkyl halides is 3. The second-order valence-electron chi connectivity index (χ2n) is 13.1. The van der Waals surface area contributed by atoms with Gasteiger partial charge in [0.2, 0.25) is 5.91 Å². The lowest BCUT2D eigenvalue weighted by Crippen LogP contribution is -2.47. The number of fused-ring (bicyclic) bond motifs is 4. The second-order valence-corrected chi connectivity index (χ2v) is 13.1. The molecule has 0 saturated heterocycles. The first kappa shape index (κ1) is 32.0. The maximum atomic E-state index is 13.8. The summed E-state index contributed by atoms with van der Waals surface area (Å²) in [5, 5.41) is 5.25. The van der Waals surface area contributed by atoms with Crippen LogP contribution in [-0.4, -0.2) is 34.1 Å². The van der Waals surface area contributed by atoms with Crippen LogP contribution < -0.4 is 10.6 Å². The van der Waals surface area contributed by atoms with Gasteiger partial charge in [0.25, 0.3) is 5.91 Å². The summed E-state index contributed by atoms with van der Waals surface area (Å²) in [6.07, 6.45) is -1.23. The van der Waals surface area contributed by atoms with Crippen LogP contribution in [0.15, 0.2) is 97.3 Å².